The first kappa shape index (κ1) is 21.7. The quantitative estimate of drug-likeness (QED) is 0.677. The van der Waals surface area contributed by atoms with Crippen molar-refractivity contribution in [2.75, 3.05) is 60.4 Å². The number of piperidine rings is 1. The molecular formula is C21H38N6S. The van der Waals surface area contributed by atoms with Crippen molar-refractivity contribution in [1.82, 2.24) is 23.3 Å². The standard InChI is InChI=1S/C21H38N6S/c1-17(26-12-14-27(15-13-26)28-23(3)4)19-7-10-25(11-8-19)18(2)20-6-9-24(5)21(22)16-20/h6,9,16,18-19,21H,1,7-8,10-15,22H2,2-5H3. The van der Waals surface area contributed by atoms with E-state index in [1.165, 1.54) is 24.1 Å². The van der Waals surface area contributed by atoms with Gasteiger partial charge in [0.25, 0.3) is 0 Å². The second kappa shape index (κ2) is 9.67. The van der Waals surface area contributed by atoms with Gasteiger partial charge in [0.05, 0.1) is 6.17 Å². The summed E-state index contributed by atoms with van der Waals surface area (Å²) in [6.45, 7) is 13.5. The highest BCUT2D eigenvalue weighted by molar-refractivity contribution is 7.94. The molecule has 0 spiro atoms. The summed E-state index contributed by atoms with van der Waals surface area (Å²) in [6.07, 6.45) is 8.91. The monoisotopic (exact) mass is 406 g/mol. The normalized spacial score (nSPS) is 26.6. The van der Waals surface area contributed by atoms with Crippen LogP contribution in [0.4, 0.5) is 0 Å². The summed E-state index contributed by atoms with van der Waals surface area (Å²) in [5.74, 6) is 0.626. The highest BCUT2D eigenvalue weighted by Gasteiger charge is 2.29. The van der Waals surface area contributed by atoms with Crippen molar-refractivity contribution < 1.29 is 0 Å². The summed E-state index contributed by atoms with van der Waals surface area (Å²) in [4.78, 5) is 7.17. The fraction of sp³-hybridized carbons (Fsp3) is 0.714. The van der Waals surface area contributed by atoms with Gasteiger partial charge in [-0.05, 0) is 64.7 Å². The van der Waals surface area contributed by atoms with E-state index in [0.717, 1.165) is 39.3 Å². The molecule has 2 unspecified atom stereocenters. The fourth-order valence-corrected chi connectivity index (χ4v) is 5.12. The third kappa shape index (κ3) is 5.33. The van der Waals surface area contributed by atoms with Gasteiger partial charge >= 0.3 is 0 Å². The Morgan fingerprint density at radius 3 is 2.39 bits per heavy atom. The van der Waals surface area contributed by atoms with E-state index in [1.54, 1.807) is 0 Å². The zero-order chi connectivity index (χ0) is 20.3. The van der Waals surface area contributed by atoms with Crippen molar-refractivity contribution in [2.24, 2.45) is 11.7 Å². The minimum Gasteiger partial charge on any atom is -0.372 e. The van der Waals surface area contributed by atoms with E-state index in [2.05, 4.69) is 64.4 Å². The molecule has 3 rings (SSSR count). The molecule has 0 saturated carbocycles. The Balaban J connectivity index is 1.46. The fourth-order valence-electron chi connectivity index (χ4n) is 4.33. The van der Waals surface area contributed by atoms with E-state index in [-0.39, 0.29) is 6.17 Å². The number of hydrogen-bond acceptors (Lipinski definition) is 7. The van der Waals surface area contributed by atoms with Gasteiger partial charge in [0.1, 0.15) is 0 Å². The minimum atomic E-state index is -0.0101. The van der Waals surface area contributed by atoms with Crippen molar-refractivity contribution in [2.45, 2.75) is 32.0 Å². The van der Waals surface area contributed by atoms with E-state index in [1.807, 2.05) is 24.1 Å². The number of piperazine rings is 1. The van der Waals surface area contributed by atoms with Crippen LogP contribution in [0.5, 0.6) is 0 Å². The number of hydrogen-bond donors (Lipinski definition) is 1. The summed E-state index contributed by atoms with van der Waals surface area (Å²) >= 11 is 1.82. The molecule has 0 aromatic carbocycles. The Labute approximate surface area is 175 Å². The molecule has 0 aliphatic carbocycles. The molecule has 3 heterocycles. The predicted molar refractivity (Wildman–Crippen MR) is 120 cm³/mol. The van der Waals surface area contributed by atoms with Crippen LogP contribution in [0.2, 0.25) is 0 Å². The third-order valence-corrected chi connectivity index (χ3v) is 7.21. The molecule has 0 aromatic heterocycles. The molecule has 158 valence electrons. The van der Waals surface area contributed by atoms with Crippen molar-refractivity contribution in [1.29, 1.82) is 0 Å². The largest absolute Gasteiger partial charge is 0.372 e. The Morgan fingerprint density at radius 1 is 1.18 bits per heavy atom. The molecule has 3 aliphatic rings. The lowest BCUT2D eigenvalue weighted by Crippen LogP contribution is -2.47. The van der Waals surface area contributed by atoms with Crippen LogP contribution in [-0.4, -0.2) is 95.9 Å². The molecule has 3 aliphatic heterocycles. The molecule has 0 aromatic rings. The van der Waals surface area contributed by atoms with E-state index in [0.29, 0.717) is 12.0 Å². The van der Waals surface area contributed by atoms with Gasteiger partial charge in [0.15, 0.2) is 0 Å². The summed E-state index contributed by atoms with van der Waals surface area (Å²) < 4.78 is 4.62. The molecule has 2 saturated heterocycles. The number of likely N-dealkylation sites (tertiary alicyclic amines) is 1. The molecule has 0 bridgehead atoms. The van der Waals surface area contributed by atoms with E-state index in [4.69, 9.17) is 5.73 Å². The zero-order valence-electron chi connectivity index (χ0n) is 18.0. The minimum absolute atomic E-state index is 0.0101. The average molecular weight is 407 g/mol. The predicted octanol–water partition coefficient (Wildman–Crippen LogP) is 2.01. The lowest BCUT2D eigenvalue weighted by molar-refractivity contribution is 0.144. The second-order valence-corrected chi connectivity index (χ2v) is 9.84. The van der Waals surface area contributed by atoms with Crippen LogP contribution in [0.1, 0.15) is 19.8 Å². The number of nitrogens with two attached hydrogens (primary N) is 1. The van der Waals surface area contributed by atoms with Crippen molar-refractivity contribution in [3.8, 4) is 0 Å². The zero-order valence-corrected chi connectivity index (χ0v) is 18.9. The van der Waals surface area contributed by atoms with Gasteiger partial charge in [0.2, 0.25) is 0 Å². The molecule has 7 heteroatoms. The Morgan fingerprint density at radius 2 is 1.82 bits per heavy atom. The van der Waals surface area contributed by atoms with Crippen molar-refractivity contribution in [3.63, 3.8) is 0 Å². The highest BCUT2D eigenvalue weighted by Crippen LogP contribution is 2.30. The molecule has 28 heavy (non-hydrogen) atoms. The van der Waals surface area contributed by atoms with Gasteiger partial charge in [0, 0.05) is 69.2 Å². The average Bonchev–Trinajstić information content (AvgIpc) is 2.69. The van der Waals surface area contributed by atoms with E-state index in [9.17, 15) is 0 Å². The number of rotatable bonds is 6. The maximum atomic E-state index is 6.17. The Hall–Kier alpha value is -0.990. The van der Waals surface area contributed by atoms with E-state index < -0.39 is 0 Å². The number of likely N-dealkylation sites (N-methyl/N-ethyl adjacent to an activating group) is 1. The molecule has 0 amide bonds. The first-order valence-electron chi connectivity index (χ1n) is 10.5. The van der Waals surface area contributed by atoms with Crippen LogP contribution in [0.3, 0.4) is 0 Å². The summed E-state index contributed by atoms with van der Waals surface area (Å²) in [5.41, 5.74) is 8.88. The Kier molecular flexibility index (Phi) is 7.50. The van der Waals surface area contributed by atoms with Gasteiger partial charge in [-0.3, -0.25) is 4.90 Å². The third-order valence-electron chi connectivity index (χ3n) is 6.29. The molecule has 2 fully saturated rings. The molecule has 6 nitrogen and oxygen atoms in total. The first-order chi connectivity index (χ1) is 13.3. The van der Waals surface area contributed by atoms with Crippen LogP contribution >= 0.6 is 12.1 Å². The summed E-state index contributed by atoms with van der Waals surface area (Å²) in [6, 6.07) is 0.428. The first-order valence-corrected chi connectivity index (χ1v) is 11.2. The molecular weight excluding hydrogens is 368 g/mol. The maximum absolute atomic E-state index is 6.17. The van der Waals surface area contributed by atoms with E-state index >= 15 is 0 Å². The van der Waals surface area contributed by atoms with Gasteiger partial charge in [-0.1, -0.05) is 6.58 Å². The van der Waals surface area contributed by atoms with Gasteiger partial charge in [-0.2, -0.15) is 0 Å². The second-order valence-electron chi connectivity index (χ2n) is 8.43. The molecule has 0 radical (unpaired) electrons. The lowest BCUT2D eigenvalue weighted by atomic mass is 9.91. The molecule has 2 atom stereocenters. The Bertz CT molecular complexity index is 588. The van der Waals surface area contributed by atoms with Gasteiger partial charge in [-0.25, -0.2) is 8.61 Å². The van der Waals surface area contributed by atoms with Gasteiger partial charge in [-0.15, -0.1) is 0 Å². The van der Waals surface area contributed by atoms with Crippen LogP contribution in [0, 0.1) is 5.92 Å². The SMILES string of the molecule is C=C(C1CCN(C(C)C2=CC(N)N(C)C=C2)CC1)N1CCN(SN(C)C)CC1. The van der Waals surface area contributed by atoms with Gasteiger partial charge < -0.3 is 15.5 Å². The van der Waals surface area contributed by atoms with Crippen molar-refractivity contribution in [3.05, 3.63) is 36.2 Å². The summed E-state index contributed by atoms with van der Waals surface area (Å²) in [7, 11) is 6.24. The smallest absolute Gasteiger partial charge is 0.0959 e. The van der Waals surface area contributed by atoms with Crippen LogP contribution in [0.15, 0.2) is 36.2 Å². The summed E-state index contributed by atoms with van der Waals surface area (Å²) in [5, 5.41) is 0. The van der Waals surface area contributed by atoms with Crippen LogP contribution < -0.4 is 5.73 Å². The lowest BCUT2D eigenvalue weighted by Gasteiger charge is -2.42. The van der Waals surface area contributed by atoms with Crippen LogP contribution in [-0.2, 0) is 0 Å². The molecule has 2 N–H and O–H groups in total. The number of allylic oxidation sites excluding steroid dienone is 1. The number of nitrogens with zero attached hydrogens (tertiary/aromatic N) is 5. The van der Waals surface area contributed by atoms with Crippen molar-refractivity contribution >= 4 is 12.1 Å². The maximum Gasteiger partial charge on any atom is 0.0959 e. The highest BCUT2D eigenvalue weighted by atomic mass is 32.2. The topological polar surface area (TPSA) is 42.2 Å². The van der Waals surface area contributed by atoms with Crippen LogP contribution in [0.25, 0.3) is 0 Å².